The van der Waals surface area contributed by atoms with Gasteiger partial charge in [0.2, 0.25) is 0 Å². The number of aryl methyl sites for hydroxylation is 1. The van der Waals surface area contributed by atoms with Crippen LogP contribution in [0, 0.1) is 6.92 Å². The van der Waals surface area contributed by atoms with Gasteiger partial charge in [-0.15, -0.1) is 11.8 Å². The summed E-state index contributed by atoms with van der Waals surface area (Å²) in [5.74, 6) is 0.776. The number of hydrogen-bond donors (Lipinski definition) is 2. The van der Waals surface area contributed by atoms with Crippen molar-refractivity contribution in [2.24, 2.45) is 0 Å². The molecule has 1 heterocycles. The van der Waals surface area contributed by atoms with E-state index in [1.807, 2.05) is 6.07 Å². The lowest BCUT2D eigenvalue weighted by molar-refractivity contribution is -0.138. The molecule has 0 saturated carbocycles. The van der Waals surface area contributed by atoms with Gasteiger partial charge in [0, 0.05) is 12.2 Å². The molecular weight excluding hydrogens is 298 g/mol. The van der Waals surface area contributed by atoms with E-state index in [0.717, 1.165) is 12.2 Å². The Bertz CT molecular complexity index is 539. The van der Waals surface area contributed by atoms with Crippen molar-refractivity contribution in [1.82, 2.24) is 5.32 Å². The second kappa shape index (κ2) is 6.92. The van der Waals surface area contributed by atoms with Crippen LogP contribution in [0.4, 0.5) is 0 Å². The number of nitrogens with one attached hydrogen (secondary N) is 1. The van der Waals surface area contributed by atoms with Crippen LogP contribution in [0.25, 0.3) is 0 Å². The molecule has 1 aliphatic heterocycles. The maximum Gasteiger partial charge on any atom is 0.321 e. The Morgan fingerprint density at radius 1 is 1.45 bits per heavy atom. The summed E-state index contributed by atoms with van der Waals surface area (Å²) in [6, 6.07) is 5.84. The molecule has 22 heavy (non-hydrogen) atoms. The molecule has 1 aromatic carbocycles. The van der Waals surface area contributed by atoms with Crippen molar-refractivity contribution in [3.05, 3.63) is 29.3 Å². The van der Waals surface area contributed by atoms with Crippen molar-refractivity contribution in [3.8, 4) is 5.75 Å². The zero-order chi connectivity index (χ0) is 16.3. The maximum atomic E-state index is 10.9. The van der Waals surface area contributed by atoms with Crippen LogP contribution < -0.4 is 10.1 Å². The molecule has 0 bridgehead atoms. The Morgan fingerprint density at radius 2 is 2.18 bits per heavy atom. The first-order valence-electron chi connectivity index (χ1n) is 7.62. The predicted molar refractivity (Wildman–Crippen MR) is 90.8 cm³/mol. The monoisotopic (exact) mass is 323 g/mol. The minimum atomic E-state index is -0.774. The lowest BCUT2D eigenvalue weighted by Gasteiger charge is -2.23. The third kappa shape index (κ3) is 4.40. The molecule has 0 aromatic heterocycles. The third-order valence-corrected chi connectivity index (χ3v) is 5.03. The first-order valence-corrected chi connectivity index (χ1v) is 8.66. The average molecular weight is 323 g/mol. The van der Waals surface area contributed by atoms with E-state index in [1.165, 1.54) is 11.1 Å². The fourth-order valence-corrected chi connectivity index (χ4v) is 3.66. The number of rotatable bonds is 5. The highest BCUT2D eigenvalue weighted by Gasteiger charge is 2.29. The number of aliphatic carboxylic acids is 1. The van der Waals surface area contributed by atoms with Gasteiger partial charge in [0.25, 0.3) is 0 Å². The quantitative estimate of drug-likeness (QED) is 0.871. The maximum absolute atomic E-state index is 10.9. The van der Waals surface area contributed by atoms with Gasteiger partial charge in [-0.05, 0) is 24.0 Å². The Hall–Kier alpha value is -1.20. The van der Waals surface area contributed by atoms with Crippen LogP contribution in [-0.2, 0) is 10.2 Å². The van der Waals surface area contributed by atoms with Crippen LogP contribution >= 0.6 is 11.8 Å². The van der Waals surface area contributed by atoms with E-state index < -0.39 is 12.0 Å². The topological polar surface area (TPSA) is 58.6 Å². The first-order chi connectivity index (χ1) is 10.3. The number of thioether (sulfide) groups is 1. The van der Waals surface area contributed by atoms with Gasteiger partial charge in [-0.3, -0.25) is 10.1 Å². The molecule has 0 aliphatic carbocycles. The molecule has 122 valence electrons. The van der Waals surface area contributed by atoms with Crippen molar-refractivity contribution in [2.75, 3.05) is 12.4 Å². The van der Waals surface area contributed by atoms with Crippen LogP contribution in [-0.4, -0.2) is 34.9 Å². The summed E-state index contributed by atoms with van der Waals surface area (Å²) in [7, 11) is 0. The average Bonchev–Trinajstić information content (AvgIpc) is 2.88. The highest BCUT2D eigenvalue weighted by Crippen LogP contribution is 2.32. The van der Waals surface area contributed by atoms with Gasteiger partial charge in [0.1, 0.15) is 11.8 Å². The third-order valence-electron chi connectivity index (χ3n) is 3.73. The van der Waals surface area contributed by atoms with Crippen molar-refractivity contribution in [2.45, 2.75) is 50.9 Å². The molecule has 1 fully saturated rings. The lowest BCUT2D eigenvalue weighted by Crippen LogP contribution is -2.37. The van der Waals surface area contributed by atoms with Gasteiger partial charge < -0.3 is 9.84 Å². The van der Waals surface area contributed by atoms with E-state index in [4.69, 9.17) is 9.84 Å². The summed E-state index contributed by atoms with van der Waals surface area (Å²) >= 11 is 1.65. The fourth-order valence-electron chi connectivity index (χ4n) is 2.47. The van der Waals surface area contributed by atoms with E-state index >= 15 is 0 Å². The van der Waals surface area contributed by atoms with Gasteiger partial charge in [0.15, 0.2) is 0 Å². The van der Waals surface area contributed by atoms with E-state index in [9.17, 15) is 4.79 Å². The van der Waals surface area contributed by atoms with Gasteiger partial charge in [-0.2, -0.15) is 0 Å². The molecular formula is C17H25NO3S. The molecule has 4 nitrogen and oxygen atoms in total. The second-order valence-electron chi connectivity index (χ2n) is 6.77. The van der Waals surface area contributed by atoms with E-state index in [1.54, 1.807) is 11.8 Å². The zero-order valence-electron chi connectivity index (χ0n) is 13.7. The molecule has 0 amide bonds. The lowest BCUT2D eigenvalue weighted by atomic mass is 9.85. The SMILES string of the molecule is Cc1ccc(OCCC2NC(C(=O)O)CS2)c(C(C)(C)C)c1. The molecule has 1 aliphatic rings. The molecule has 2 unspecified atom stereocenters. The smallest absolute Gasteiger partial charge is 0.321 e. The van der Waals surface area contributed by atoms with Crippen LogP contribution in [0.1, 0.15) is 38.3 Å². The number of ether oxygens (including phenoxy) is 1. The Morgan fingerprint density at radius 3 is 2.77 bits per heavy atom. The predicted octanol–water partition coefficient (Wildman–Crippen LogP) is 3.18. The highest BCUT2D eigenvalue weighted by atomic mass is 32.2. The van der Waals surface area contributed by atoms with Gasteiger partial charge in [-0.25, -0.2) is 0 Å². The standard InChI is InChI=1S/C17H25NO3S/c1-11-5-6-14(12(9-11)17(2,3)4)21-8-7-15-18-13(10-22-15)16(19)20/h5-6,9,13,15,18H,7-8,10H2,1-4H3,(H,19,20). The summed E-state index contributed by atoms with van der Waals surface area (Å²) in [5, 5.41) is 12.3. The molecule has 1 saturated heterocycles. The van der Waals surface area contributed by atoms with Crippen molar-refractivity contribution >= 4 is 17.7 Å². The molecule has 0 radical (unpaired) electrons. The Kier molecular flexibility index (Phi) is 5.40. The largest absolute Gasteiger partial charge is 0.493 e. The minimum Gasteiger partial charge on any atom is -0.493 e. The summed E-state index contributed by atoms with van der Waals surface area (Å²) < 4.78 is 5.98. The van der Waals surface area contributed by atoms with Crippen molar-refractivity contribution in [3.63, 3.8) is 0 Å². The number of carbonyl (C=O) groups is 1. The number of carboxylic acids is 1. The van der Waals surface area contributed by atoms with Crippen LogP contribution in [0.2, 0.25) is 0 Å². The molecule has 2 N–H and O–H groups in total. The summed E-state index contributed by atoms with van der Waals surface area (Å²) in [6.45, 7) is 9.22. The first kappa shape index (κ1) is 17.2. The number of hydrogen-bond acceptors (Lipinski definition) is 4. The van der Waals surface area contributed by atoms with Gasteiger partial charge >= 0.3 is 5.97 Å². The fraction of sp³-hybridized carbons (Fsp3) is 0.588. The molecule has 0 spiro atoms. The molecule has 2 atom stereocenters. The van der Waals surface area contributed by atoms with Gasteiger partial charge in [-0.1, -0.05) is 38.5 Å². The number of benzene rings is 1. The van der Waals surface area contributed by atoms with Crippen LogP contribution in [0.5, 0.6) is 5.75 Å². The summed E-state index contributed by atoms with van der Waals surface area (Å²) in [6.07, 6.45) is 0.798. The minimum absolute atomic E-state index is 0.0378. The molecule has 2 rings (SSSR count). The molecule has 5 heteroatoms. The normalized spacial score (nSPS) is 21.8. The van der Waals surface area contributed by atoms with Crippen molar-refractivity contribution < 1.29 is 14.6 Å². The van der Waals surface area contributed by atoms with E-state index in [2.05, 4.69) is 45.1 Å². The Balaban J connectivity index is 1.91. The van der Waals surface area contributed by atoms with Crippen LogP contribution in [0.3, 0.4) is 0 Å². The summed E-state index contributed by atoms with van der Waals surface area (Å²) in [4.78, 5) is 10.9. The van der Waals surface area contributed by atoms with Crippen LogP contribution in [0.15, 0.2) is 18.2 Å². The highest BCUT2D eigenvalue weighted by molar-refractivity contribution is 8.00. The van der Waals surface area contributed by atoms with E-state index in [-0.39, 0.29) is 10.8 Å². The van der Waals surface area contributed by atoms with Gasteiger partial charge in [0.05, 0.1) is 12.0 Å². The zero-order valence-corrected chi connectivity index (χ0v) is 14.5. The summed E-state index contributed by atoms with van der Waals surface area (Å²) in [5.41, 5.74) is 2.48. The second-order valence-corrected chi connectivity index (χ2v) is 8.00. The molecule has 1 aromatic rings. The van der Waals surface area contributed by atoms with Crippen molar-refractivity contribution in [1.29, 1.82) is 0 Å². The van der Waals surface area contributed by atoms with E-state index in [0.29, 0.717) is 12.4 Å². The Labute approximate surface area is 136 Å². The number of carboxylic acid groups (broad SMARTS) is 1.